The van der Waals surface area contributed by atoms with Gasteiger partial charge in [-0.05, 0) is 36.4 Å². The van der Waals surface area contributed by atoms with Crippen molar-refractivity contribution in [3.05, 3.63) is 65.5 Å². The van der Waals surface area contributed by atoms with Crippen molar-refractivity contribution in [3.8, 4) is 17.3 Å². The summed E-state index contributed by atoms with van der Waals surface area (Å²) in [4.78, 5) is 21.3. The summed E-state index contributed by atoms with van der Waals surface area (Å²) in [5, 5.41) is 4.92. The molecule has 0 spiro atoms. The van der Waals surface area contributed by atoms with E-state index in [0.29, 0.717) is 23.8 Å². The van der Waals surface area contributed by atoms with Crippen LogP contribution in [0.2, 0.25) is 0 Å². The summed E-state index contributed by atoms with van der Waals surface area (Å²) in [7, 11) is 3.17. The van der Waals surface area contributed by atoms with Crippen molar-refractivity contribution < 1.29 is 22.8 Å². The number of ether oxygens (including phenoxy) is 1. The molecule has 0 saturated carbocycles. The maximum atomic E-state index is 13.3. The van der Waals surface area contributed by atoms with Crippen LogP contribution in [0.3, 0.4) is 0 Å². The molecule has 0 unspecified atom stereocenters. The van der Waals surface area contributed by atoms with E-state index < -0.39 is 17.5 Å². The summed E-state index contributed by atoms with van der Waals surface area (Å²) < 4.78 is 36.9. The van der Waals surface area contributed by atoms with E-state index in [0.717, 1.165) is 28.8 Å². The average Bonchev–Trinajstić information content (AvgIpc) is 3.39. The smallest absolute Gasteiger partial charge is 0.274 e. The van der Waals surface area contributed by atoms with Gasteiger partial charge < -0.3 is 19.1 Å². The molecule has 0 radical (unpaired) electrons. The largest absolute Gasteiger partial charge is 0.497 e. The number of aromatic amines is 1. The molecule has 1 amide bonds. The van der Waals surface area contributed by atoms with E-state index in [4.69, 9.17) is 9.26 Å². The van der Waals surface area contributed by atoms with Crippen molar-refractivity contribution in [1.29, 1.82) is 0 Å². The van der Waals surface area contributed by atoms with Crippen LogP contribution >= 0.6 is 0 Å². The molecule has 1 N–H and O–H groups in total. The number of nitrogens with one attached hydrogen (secondary N) is 1. The van der Waals surface area contributed by atoms with Crippen LogP contribution < -0.4 is 4.74 Å². The minimum atomic E-state index is -1.06. The second-order valence-corrected chi connectivity index (χ2v) is 6.76. The van der Waals surface area contributed by atoms with Crippen molar-refractivity contribution in [2.75, 3.05) is 20.7 Å². The van der Waals surface area contributed by atoms with Crippen molar-refractivity contribution in [1.82, 2.24) is 20.0 Å². The van der Waals surface area contributed by atoms with E-state index in [-0.39, 0.29) is 12.1 Å². The number of methoxy groups -OCH3 is 1. The first kappa shape index (κ1) is 19.6. The first-order valence-electron chi connectivity index (χ1n) is 9.15. The second-order valence-electron chi connectivity index (χ2n) is 6.76. The number of nitrogens with zero attached hydrogens (tertiary/aromatic N) is 3. The predicted molar refractivity (Wildman–Crippen MR) is 105 cm³/mol. The van der Waals surface area contributed by atoms with E-state index in [2.05, 4.69) is 15.1 Å². The molecular formula is C21H18F2N4O3. The van der Waals surface area contributed by atoms with Gasteiger partial charge in [-0.3, -0.25) is 4.79 Å². The van der Waals surface area contributed by atoms with E-state index in [1.54, 1.807) is 14.2 Å². The number of carbonyl (C=O) groups excluding carboxylic acids is 1. The molecule has 2 aromatic heterocycles. The summed E-state index contributed by atoms with van der Waals surface area (Å²) in [5.41, 5.74) is 1.61. The highest BCUT2D eigenvalue weighted by Crippen LogP contribution is 2.26. The maximum absolute atomic E-state index is 13.3. The van der Waals surface area contributed by atoms with Gasteiger partial charge in [-0.2, -0.15) is 4.98 Å². The highest BCUT2D eigenvalue weighted by Gasteiger charge is 2.16. The molecule has 2 heterocycles. The molecule has 2 aromatic carbocycles. The lowest BCUT2D eigenvalue weighted by Crippen LogP contribution is -2.29. The molecule has 4 aromatic rings. The SMILES string of the molecule is COc1ccc2cc(-c3nc(CCN(C)C(=O)c4ccc(F)c(F)c4)no3)[nH]c2c1. The molecule has 9 heteroatoms. The Labute approximate surface area is 170 Å². The van der Waals surface area contributed by atoms with Gasteiger partial charge in [0.2, 0.25) is 0 Å². The summed E-state index contributed by atoms with van der Waals surface area (Å²) in [6.07, 6.45) is 0.337. The Morgan fingerprint density at radius 1 is 1.17 bits per heavy atom. The Morgan fingerprint density at radius 2 is 2.00 bits per heavy atom. The molecular weight excluding hydrogens is 394 g/mol. The fourth-order valence-electron chi connectivity index (χ4n) is 3.03. The number of H-pyrrole nitrogens is 1. The van der Waals surface area contributed by atoms with E-state index in [1.807, 2.05) is 24.3 Å². The van der Waals surface area contributed by atoms with E-state index in [1.165, 1.54) is 11.0 Å². The molecule has 0 aliphatic rings. The molecule has 0 fully saturated rings. The van der Waals surface area contributed by atoms with Crippen molar-refractivity contribution in [3.63, 3.8) is 0 Å². The van der Waals surface area contributed by atoms with Crippen LogP contribution in [0.25, 0.3) is 22.5 Å². The minimum absolute atomic E-state index is 0.0682. The Hall–Kier alpha value is -3.75. The van der Waals surface area contributed by atoms with Gasteiger partial charge >= 0.3 is 0 Å². The quantitative estimate of drug-likeness (QED) is 0.521. The first-order chi connectivity index (χ1) is 14.4. The lowest BCUT2D eigenvalue weighted by Gasteiger charge is -2.16. The number of likely N-dealkylation sites (N-methyl/N-ethyl adjacent to an activating group) is 1. The Balaban J connectivity index is 1.43. The van der Waals surface area contributed by atoms with Crippen molar-refractivity contribution in [2.24, 2.45) is 0 Å². The molecule has 154 valence electrons. The Morgan fingerprint density at radius 3 is 2.77 bits per heavy atom. The standard InChI is InChI=1S/C21H18F2N4O3/c1-27(21(28)13-4-6-15(22)16(23)9-13)8-7-19-25-20(30-26-19)18-10-12-3-5-14(29-2)11-17(12)24-18/h3-6,9-11,24H,7-8H2,1-2H3. The topological polar surface area (TPSA) is 84.2 Å². The summed E-state index contributed by atoms with van der Waals surface area (Å²) in [6, 6.07) is 10.6. The lowest BCUT2D eigenvalue weighted by atomic mass is 10.2. The molecule has 4 rings (SSSR count). The number of amides is 1. The highest BCUT2D eigenvalue weighted by molar-refractivity contribution is 5.94. The zero-order valence-electron chi connectivity index (χ0n) is 16.3. The van der Waals surface area contributed by atoms with Crippen LogP contribution in [0.15, 0.2) is 47.0 Å². The van der Waals surface area contributed by atoms with Gasteiger partial charge in [0.1, 0.15) is 11.4 Å². The van der Waals surface area contributed by atoms with Gasteiger partial charge in [0.05, 0.1) is 7.11 Å². The Kier molecular flexibility index (Phi) is 5.18. The number of benzene rings is 2. The number of carbonyl (C=O) groups is 1. The van der Waals surface area contributed by atoms with E-state index in [9.17, 15) is 13.6 Å². The fraction of sp³-hybridized carbons (Fsp3) is 0.190. The molecule has 0 aliphatic carbocycles. The fourth-order valence-corrected chi connectivity index (χ4v) is 3.03. The van der Waals surface area contributed by atoms with Gasteiger partial charge in [-0.1, -0.05) is 5.16 Å². The third-order valence-corrected chi connectivity index (χ3v) is 4.71. The third-order valence-electron chi connectivity index (χ3n) is 4.71. The van der Waals surface area contributed by atoms with Gasteiger partial charge in [-0.25, -0.2) is 8.78 Å². The summed E-state index contributed by atoms with van der Waals surface area (Å²) in [5.74, 6) is -1.00. The molecule has 0 atom stereocenters. The van der Waals surface area contributed by atoms with Crippen LogP contribution in [-0.2, 0) is 6.42 Å². The summed E-state index contributed by atoms with van der Waals surface area (Å²) in [6.45, 7) is 0.278. The van der Waals surface area contributed by atoms with Gasteiger partial charge in [-0.15, -0.1) is 0 Å². The Bertz CT molecular complexity index is 1220. The second kappa shape index (κ2) is 7.94. The minimum Gasteiger partial charge on any atom is -0.497 e. The number of hydrogen-bond acceptors (Lipinski definition) is 5. The number of halogens is 2. The predicted octanol–water partition coefficient (Wildman–Crippen LogP) is 3.82. The molecule has 0 saturated heterocycles. The molecule has 7 nitrogen and oxygen atoms in total. The zero-order chi connectivity index (χ0) is 21.3. The lowest BCUT2D eigenvalue weighted by molar-refractivity contribution is 0.0795. The average molecular weight is 412 g/mol. The molecule has 30 heavy (non-hydrogen) atoms. The first-order valence-corrected chi connectivity index (χ1v) is 9.15. The third kappa shape index (κ3) is 3.86. The van der Waals surface area contributed by atoms with Crippen LogP contribution in [-0.4, -0.2) is 46.6 Å². The number of fused-ring (bicyclic) bond motifs is 1. The zero-order valence-corrected chi connectivity index (χ0v) is 16.3. The molecule has 0 aliphatic heterocycles. The van der Waals surface area contributed by atoms with E-state index >= 15 is 0 Å². The van der Waals surface area contributed by atoms with Crippen LogP contribution in [0.1, 0.15) is 16.2 Å². The van der Waals surface area contributed by atoms with Gasteiger partial charge in [0, 0.05) is 42.5 Å². The monoisotopic (exact) mass is 412 g/mol. The van der Waals surface area contributed by atoms with Gasteiger partial charge in [0.15, 0.2) is 17.5 Å². The number of hydrogen-bond donors (Lipinski definition) is 1. The summed E-state index contributed by atoms with van der Waals surface area (Å²) >= 11 is 0. The number of aromatic nitrogens is 3. The van der Waals surface area contributed by atoms with Crippen molar-refractivity contribution >= 4 is 16.8 Å². The normalized spacial score (nSPS) is 11.1. The number of rotatable bonds is 6. The maximum Gasteiger partial charge on any atom is 0.274 e. The highest BCUT2D eigenvalue weighted by atomic mass is 19.2. The van der Waals surface area contributed by atoms with Crippen LogP contribution in [0, 0.1) is 11.6 Å². The van der Waals surface area contributed by atoms with Crippen LogP contribution in [0.4, 0.5) is 8.78 Å². The van der Waals surface area contributed by atoms with Crippen molar-refractivity contribution in [2.45, 2.75) is 6.42 Å². The van der Waals surface area contributed by atoms with Crippen LogP contribution in [0.5, 0.6) is 5.75 Å². The molecule has 0 bridgehead atoms. The van der Waals surface area contributed by atoms with Gasteiger partial charge in [0.25, 0.3) is 11.8 Å².